The highest BCUT2D eigenvalue weighted by atomic mass is 32.2. The third-order valence-electron chi connectivity index (χ3n) is 1.18. The molecule has 0 radical (unpaired) electrons. The van der Waals surface area contributed by atoms with E-state index in [1.54, 1.807) is 18.2 Å². The van der Waals surface area contributed by atoms with Crippen LogP contribution in [-0.2, 0) is 11.1 Å². The number of hydrogen-bond donors (Lipinski definition) is 0. The first-order valence-electron chi connectivity index (χ1n) is 2.86. The zero-order valence-electron chi connectivity index (χ0n) is 5.53. The molecule has 0 saturated carbocycles. The van der Waals surface area contributed by atoms with Crippen molar-refractivity contribution in [3.63, 3.8) is 0 Å². The highest BCUT2D eigenvalue weighted by Gasteiger charge is 1.89. The molecule has 0 bridgehead atoms. The summed E-state index contributed by atoms with van der Waals surface area (Å²) in [5.74, 6) is 0. The van der Waals surface area contributed by atoms with Crippen LogP contribution in [-0.4, -0.2) is 8.76 Å². The minimum Gasteiger partial charge on any atom is -0.768 e. The van der Waals surface area contributed by atoms with E-state index in [9.17, 15) is 8.76 Å². The maximum absolute atomic E-state index is 10.4. The first-order valence-corrected chi connectivity index (χ1v) is 3.93. The highest BCUT2D eigenvalue weighted by molar-refractivity contribution is 7.79. The maximum atomic E-state index is 10.4. The first kappa shape index (κ1) is 7.44. The van der Waals surface area contributed by atoms with Crippen LogP contribution in [0.25, 0.3) is 0 Å². The van der Waals surface area contributed by atoms with Crippen LogP contribution in [0.3, 0.4) is 0 Å². The summed E-state index contributed by atoms with van der Waals surface area (Å²) in [7, 11) is 0. The van der Waals surface area contributed by atoms with Gasteiger partial charge in [0.2, 0.25) is 0 Å². The van der Waals surface area contributed by atoms with E-state index in [1.807, 2.05) is 13.0 Å². The van der Waals surface area contributed by atoms with Gasteiger partial charge in [0.15, 0.2) is 0 Å². The first-order chi connectivity index (χ1) is 4.70. The standard InChI is InChI=1S/C7H8O2S/c1-6-3-2-4-7(5-6)10(8)9/h2-5H,1H3,(H,8,9)/p-1. The zero-order valence-corrected chi connectivity index (χ0v) is 6.35. The summed E-state index contributed by atoms with van der Waals surface area (Å²) in [4.78, 5) is 0.347. The Morgan fingerprint density at radius 2 is 2.20 bits per heavy atom. The van der Waals surface area contributed by atoms with Crippen molar-refractivity contribution >= 4 is 11.1 Å². The summed E-state index contributed by atoms with van der Waals surface area (Å²) in [5, 5.41) is 0. The van der Waals surface area contributed by atoms with Crippen molar-refractivity contribution < 1.29 is 8.76 Å². The van der Waals surface area contributed by atoms with Gasteiger partial charge in [-0.1, -0.05) is 12.1 Å². The molecule has 0 aliphatic carbocycles. The lowest BCUT2D eigenvalue weighted by Gasteiger charge is -2.04. The largest absolute Gasteiger partial charge is 0.768 e. The predicted octanol–water partition coefficient (Wildman–Crippen LogP) is 1.23. The summed E-state index contributed by atoms with van der Waals surface area (Å²) in [6, 6.07) is 6.77. The van der Waals surface area contributed by atoms with Crippen LogP contribution in [0, 0.1) is 6.92 Å². The molecular weight excluding hydrogens is 148 g/mol. The van der Waals surface area contributed by atoms with Gasteiger partial charge in [0.05, 0.1) is 0 Å². The van der Waals surface area contributed by atoms with E-state index < -0.39 is 11.1 Å². The van der Waals surface area contributed by atoms with Crippen molar-refractivity contribution in [3.05, 3.63) is 29.8 Å². The van der Waals surface area contributed by atoms with Gasteiger partial charge in [-0.3, -0.25) is 4.21 Å². The van der Waals surface area contributed by atoms with Gasteiger partial charge in [-0.2, -0.15) is 0 Å². The summed E-state index contributed by atoms with van der Waals surface area (Å²) in [6.07, 6.45) is 0. The number of hydrogen-bond acceptors (Lipinski definition) is 2. The van der Waals surface area contributed by atoms with Crippen LogP contribution in [0.1, 0.15) is 5.56 Å². The van der Waals surface area contributed by atoms with E-state index in [0.717, 1.165) is 5.56 Å². The normalized spacial score (nSPS) is 13.0. The van der Waals surface area contributed by atoms with Gasteiger partial charge in [0.25, 0.3) is 0 Å². The fraction of sp³-hybridized carbons (Fsp3) is 0.143. The van der Waals surface area contributed by atoms with Gasteiger partial charge >= 0.3 is 0 Å². The molecule has 0 saturated heterocycles. The van der Waals surface area contributed by atoms with E-state index >= 15 is 0 Å². The van der Waals surface area contributed by atoms with Crippen molar-refractivity contribution in [2.75, 3.05) is 0 Å². The molecule has 1 aromatic rings. The average Bonchev–Trinajstić information content (AvgIpc) is 1.88. The van der Waals surface area contributed by atoms with Crippen molar-refractivity contribution in [1.82, 2.24) is 0 Å². The predicted molar refractivity (Wildman–Crippen MR) is 38.4 cm³/mol. The second-order valence-electron chi connectivity index (χ2n) is 2.05. The van der Waals surface area contributed by atoms with Gasteiger partial charge in [-0.15, -0.1) is 0 Å². The third-order valence-corrected chi connectivity index (χ3v) is 1.82. The molecule has 54 valence electrons. The molecule has 3 heteroatoms. The number of benzene rings is 1. The second-order valence-corrected chi connectivity index (χ2v) is 2.99. The lowest BCUT2D eigenvalue weighted by molar-refractivity contribution is 0.537. The summed E-state index contributed by atoms with van der Waals surface area (Å²) in [6.45, 7) is 1.86. The molecule has 1 unspecified atom stereocenters. The molecule has 0 amide bonds. The summed E-state index contributed by atoms with van der Waals surface area (Å²) < 4.78 is 20.7. The molecule has 1 rings (SSSR count). The molecule has 1 atom stereocenters. The Morgan fingerprint density at radius 1 is 1.50 bits per heavy atom. The Kier molecular flexibility index (Phi) is 2.19. The second kappa shape index (κ2) is 2.94. The molecule has 10 heavy (non-hydrogen) atoms. The lowest BCUT2D eigenvalue weighted by atomic mass is 10.2. The van der Waals surface area contributed by atoms with Crippen LogP contribution in [0.15, 0.2) is 29.2 Å². The Labute approximate surface area is 62.2 Å². The fourth-order valence-electron chi connectivity index (χ4n) is 0.719. The van der Waals surface area contributed by atoms with E-state index in [4.69, 9.17) is 0 Å². The molecule has 0 aliphatic heterocycles. The third kappa shape index (κ3) is 1.65. The SMILES string of the molecule is Cc1cccc(S(=O)[O-])c1. The zero-order chi connectivity index (χ0) is 7.56. The van der Waals surface area contributed by atoms with Crippen molar-refractivity contribution in [2.24, 2.45) is 0 Å². The quantitative estimate of drug-likeness (QED) is 0.572. The van der Waals surface area contributed by atoms with E-state index in [0.29, 0.717) is 4.90 Å². The van der Waals surface area contributed by atoms with Crippen molar-refractivity contribution in [2.45, 2.75) is 11.8 Å². The van der Waals surface area contributed by atoms with E-state index in [2.05, 4.69) is 0 Å². The van der Waals surface area contributed by atoms with E-state index in [-0.39, 0.29) is 0 Å². The van der Waals surface area contributed by atoms with Crippen LogP contribution in [0.4, 0.5) is 0 Å². The van der Waals surface area contributed by atoms with Crippen LogP contribution in [0.5, 0.6) is 0 Å². The van der Waals surface area contributed by atoms with Gasteiger partial charge in [-0.25, -0.2) is 0 Å². The van der Waals surface area contributed by atoms with E-state index in [1.165, 1.54) is 0 Å². The molecule has 0 aromatic heterocycles. The summed E-state index contributed by atoms with van der Waals surface area (Å²) >= 11 is -2.09. The van der Waals surface area contributed by atoms with Crippen LogP contribution < -0.4 is 0 Å². The van der Waals surface area contributed by atoms with Gasteiger partial charge < -0.3 is 4.55 Å². The Balaban J connectivity index is 3.07. The smallest absolute Gasteiger partial charge is 0.0251 e. The average molecular weight is 155 g/mol. The highest BCUT2D eigenvalue weighted by Crippen LogP contribution is 2.06. The summed E-state index contributed by atoms with van der Waals surface area (Å²) in [5.41, 5.74) is 0.960. The van der Waals surface area contributed by atoms with Crippen LogP contribution in [0.2, 0.25) is 0 Å². The monoisotopic (exact) mass is 155 g/mol. The lowest BCUT2D eigenvalue weighted by Crippen LogP contribution is -1.87. The van der Waals surface area contributed by atoms with Crippen molar-refractivity contribution in [1.29, 1.82) is 0 Å². The maximum Gasteiger partial charge on any atom is 0.0251 e. The van der Waals surface area contributed by atoms with Gasteiger partial charge in [0.1, 0.15) is 0 Å². The Morgan fingerprint density at radius 3 is 2.60 bits per heavy atom. The number of rotatable bonds is 1. The van der Waals surface area contributed by atoms with Gasteiger partial charge in [0, 0.05) is 4.90 Å². The van der Waals surface area contributed by atoms with Gasteiger partial charge in [-0.05, 0) is 35.7 Å². The molecule has 0 fully saturated rings. The molecule has 1 aromatic carbocycles. The molecule has 0 aliphatic rings. The number of aryl methyl sites for hydroxylation is 1. The molecule has 2 nitrogen and oxygen atoms in total. The Bertz CT molecular complexity index is 258. The minimum absolute atomic E-state index is 0.347. The molecule has 0 heterocycles. The molecular formula is C7H7O2S-. The van der Waals surface area contributed by atoms with Crippen molar-refractivity contribution in [3.8, 4) is 0 Å². The Hall–Kier alpha value is -0.670. The molecule has 0 N–H and O–H groups in total. The molecule has 0 spiro atoms. The fourth-order valence-corrected chi connectivity index (χ4v) is 1.19. The topological polar surface area (TPSA) is 40.1 Å². The van der Waals surface area contributed by atoms with Crippen LogP contribution >= 0.6 is 0 Å². The minimum atomic E-state index is -2.09.